The molecule has 5 nitrogen and oxygen atoms in total. The third kappa shape index (κ3) is 3.90. The first-order valence-corrected chi connectivity index (χ1v) is 8.11. The van der Waals surface area contributed by atoms with Crippen molar-refractivity contribution in [1.82, 2.24) is 14.8 Å². The van der Waals surface area contributed by atoms with Crippen LogP contribution in [0.4, 0.5) is 0 Å². The lowest BCUT2D eigenvalue weighted by atomic mass is 10.1. The minimum Gasteiger partial charge on any atom is -0.327 e. The number of aromatic amines is 1. The molecule has 2 rings (SSSR count). The molecule has 0 aliphatic rings. The number of nitrogens with zero attached hydrogens (tertiary/aromatic N) is 2. The van der Waals surface area contributed by atoms with Crippen molar-refractivity contribution in [2.75, 3.05) is 0 Å². The molecule has 0 aliphatic carbocycles. The Morgan fingerprint density at radius 2 is 2.10 bits per heavy atom. The van der Waals surface area contributed by atoms with Crippen molar-refractivity contribution in [3.8, 4) is 0 Å². The van der Waals surface area contributed by atoms with Crippen molar-refractivity contribution in [3.05, 3.63) is 45.3 Å². The second kappa shape index (κ2) is 7.15. The predicted octanol–water partition coefficient (Wildman–Crippen LogP) is 2.82. The molecule has 1 heterocycles. The number of halogens is 1. The molecule has 2 atom stereocenters. The van der Waals surface area contributed by atoms with E-state index in [0.717, 1.165) is 12.0 Å². The monoisotopic (exact) mass is 326 g/mol. The van der Waals surface area contributed by atoms with E-state index >= 15 is 0 Å². The van der Waals surface area contributed by atoms with Gasteiger partial charge in [-0.05, 0) is 31.0 Å². The molecular weight excluding hydrogens is 308 g/mol. The highest BCUT2D eigenvalue weighted by molar-refractivity contribution is 7.99. The molecule has 0 saturated carbocycles. The number of nitrogens with one attached hydrogen (secondary N) is 1. The van der Waals surface area contributed by atoms with Crippen molar-refractivity contribution < 1.29 is 0 Å². The van der Waals surface area contributed by atoms with Crippen LogP contribution in [0.3, 0.4) is 0 Å². The first-order valence-electron chi connectivity index (χ1n) is 6.85. The Morgan fingerprint density at radius 1 is 1.43 bits per heavy atom. The lowest BCUT2D eigenvalue weighted by Gasteiger charge is -2.20. The molecule has 0 aliphatic heterocycles. The average molecular weight is 327 g/mol. The highest BCUT2D eigenvalue weighted by Gasteiger charge is 2.21. The van der Waals surface area contributed by atoms with Gasteiger partial charge in [-0.25, -0.2) is 9.89 Å². The fourth-order valence-electron chi connectivity index (χ4n) is 2.06. The van der Waals surface area contributed by atoms with Crippen LogP contribution in [0.25, 0.3) is 0 Å². The van der Waals surface area contributed by atoms with Crippen LogP contribution in [0.1, 0.15) is 31.1 Å². The summed E-state index contributed by atoms with van der Waals surface area (Å²) in [6.07, 6.45) is 0.872. The second-order valence-electron chi connectivity index (χ2n) is 4.91. The van der Waals surface area contributed by atoms with Crippen LogP contribution < -0.4 is 11.4 Å². The number of benzene rings is 1. The van der Waals surface area contributed by atoms with Crippen molar-refractivity contribution in [1.29, 1.82) is 0 Å². The molecule has 7 heteroatoms. The third-order valence-electron chi connectivity index (χ3n) is 3.08. The fraction of sp³-hybridized carbons (Fsp3) is 0.429. The van der Waals surface area contributed by atoms with Gasteiger partial charge < -0.3 is 5.73 Å². The van der Waals surface area contributed by atoms with Crippen LogP contribution in [-0.2, 0) is 6.54 Å². The molecule has 114 valence electrons. The number of hydrogen-bond donors (Lipinski definition) is 2. The molecule has 1 aromatic carbocycles. The Kier molecular flexibility index (Phi) is 5.50. The predicted molar refractivity (Wildman–Crippen MR) is 86.8 cm³/mol. The number of thioether (sulfide) groups is 1. The Bertz CT molecular complexity index is 635. The van der Waals surface area contributed by atoms with Gasteiger partial charge in [-0.3, -0.25) is 4.57 Å². The van der Waals surface area contributed by atoms with E-state index in [4.69, 9.17) is 17.3 Å². The summed E-state index contributed by atoms with van der Waals surface area (Å²) in [6, 6.07) is 7.52. The number of rotatable bonds is 6. The second-order valence-corrected chi connectivity index (χ2v) is 6.46. The number of nitrogens with two attached hydrogens (primary N) is 1. The normalized spacial score (nSPS) is 14.1. The number of H-pyrrole nitrogens is 1. The standard InChI is InChI=1S/C14H19ClN4OS/c1-3-8-19-13(20)17-18-14(19)21-12(9(2)16)10-4-6-11(15)7-5-10/h4-7,9,12H,3,8,16H2,1-2H3,(H,17,20). The van der Waals surface area contributed by atoms with Gasteiger partial charge in [-0.15, -0.1) is 5.10 Å². The van der Waals surface area contributed by atoms with Gasteiger partial charge in [-0.1, -0.05) is 42.4 Å². The summed E-state index contributed by atoms with van der Waals surface area (Å²) in [7, 11) is 0. The minimum atomic E-state index is -0.182. The van der Waals surface area contributed by atoms with E-state index < -0.39 is 0 Å². The Balaban J connectivity index is 2.29. The van der Waals surface area contributed by atoms with Crippen molar-refractivity contribution in [2.24, 2.45) is 5.73 Å². The van der Waals surface area contributed by atoms with E-state index in [1.54, 1.807) is 4.57 Å². The molecular formula is C14H19ClN4OS. The molecule has 1 aromatic heterocycles. The van der Waals surface area contributed by atoms with Crippen molar-refractivity contribution in [2.45, 2.75) is 43.3 Å². The molecule has 0 bridgehead atoms. The van der Waals surface area contributed by atoms with Gasteiger partial charge in [0.1, 0.15) is 0 Å². The zero-order valence-electron chi connectivity index (χ0n) is 12.0. The van der Waals surface area contributed by atoms with E-state index in [2.05, 4.69) is 10.2 Å². The largest absolute Gasteiger partial charge is 0.343 e. The maximum Gasteiger partial charge on any atom is 0.343 e. The molecule has 21 heavy (non-hydrogen) atoms. The third-order valence-corrected chi connectivity index (χ3v) is 4.81. The van der Waals surface area contributed by atoms with E-state index in [1.807, 2.05) is 38.1 Å². The maximum atomic E-state index is 11.7. The van der Waals surface area contributed by atoms with E-state index in [-0.39, 0.29) is 17.0 Å². The van der Waals surface area contributed by atoms with Crippen LogP contribution in [0, 0.1) is 0 Å². The number of aromatic nitrogens is 3. The first-order chi connectivity index (χ1) is 10.0. The highest BCUT2D eigenvalue weighted by Crippen LogP contribution is 2.36. The lowest BCUT2D eigenvalue weighted by molar-refractivity contribution is 0.600. The summed E-state index contributed by atoms with van der Waals surface area (Å²) >= 11 is 7.42. The van der Waals surface area contributed by atoms with Crippen molar-refractivity contribution in [3.63, 3.8) is 0 Å². The van der Waals surface area contributed by atoms with Gasteiger partial charge in [0.15, 0.2) is 5.16 Å². The van der Waals surface area contributed by atoms with Crippen LogP contribution in [0.2, 0.25) is 5.02 Å². The topological polar surface area (TPSA) is 76.7 Å². The molecule has 0 fully saturated rings. The van der Waals surface area contributed by atoms with Crippen LogP contribution in [0.15, 0.2) is 34.2 Å². The minimum absolute atomic E-state index is 0.00747. The zero-order valence-corrected chi connectivity index (χ0v) is 13.6. The number of hydrogen-bond acceptors (Lipinski definition) is 4. The van der Waals surface area contributed by atoms with Gasteiger partial charge >= 0.3 is 5.69 Å². The van der Waals surface area contributed by atoms with E-state index in [0.29, 0.717) is 16.7 Å². The van der Waals surface area contributed by atoms with E-state index in [9.17, 15) is 4.79 Å². The summed E-state index contributed by atoms with van der Waals surface area (Å²) in [4.78, 5) is 11.7. The Labute approximate surface area is 132 Å². The van der Waals surface area contributed by atoms with Crippen LogP contribution >= 0.6 is 23.4 Å². The molecule has 0 radical (unpaired) electrons. The fourth-order valence-corrected chi connectivity index (χ4v) is 3.32. The molecule has 0 saturated heterocycles. The quantitative estimate of drug-likeness (QED) is 0.800. The van der Waals surface area contributed by atoms with Gasteiger partial charge in [0.2, 0.25) is 0 Å². The summed E-state index contributed by atoms with van der Waals surface area (Å²) in [5, 5.41) is 7.97. The summed E-state index contributed by atoms with van der Waals surface area (Å²) in [5.74, 6) is 0. The highest BCUT2D eigenvalue weighted by atomic mass is 35.5. The van der Waals surface area contributed by atoms with Gasteiger partial charge in [0, 0.05) is 17.6 Å². The molecule has 2 unspecified atom stereocenters. The smallest absolute Gasteiger partial charge is 0.327 e. The van der Waals surface area contributed by atoms with Crippen molar-refractivity contribution >= 4 is 23.4 Å². The Morgan fingerprint density at radius 3 is 2.67 bits per heavy atom. The van der Waals surface area contributed by atoms with Gasteiger partial charge in [0.05, 0.1) is 5.25 Å². The Hall–Kier alpha value is -1.24. The molecule has 3 N–H and O–H groups in total. The summed E-state index contributed by atoms with van der Waals surface area (Å²) in [5.41, 5.74) is 6.99. The molecule has 2 aromatic rings. The van der Waals surface area contributed by atoms with Crippen LogP contribution in [-0.4, -0.2) is 20.8 Å². The molecule has 0 amide bonds. The van der Waals surface area contributed by atoms with E-state index in [1.165, 1.54) is 11.8 Å². The summed E-state index contributed by atoms with van der Waals surface area (Å²) < 4.78 is 1.65. The molecule has 0 spiro atoms. The zero-order chi connectivity index (χ0) is 15.4. The maximum absolute atomic E-state index is 11.7. The van der Waals surface area contributed by atoms with Crippen LogP contribution in [0.5, 0.6) is 0 Å². The first kappa shape index (κ1) is 16.1. The van der Waals surface area contributed by atoms with Gasteiger partial charge in [0.25, 0.3) is 0 Å². The summed E-state index contributed by atoms with van der Waals surface area (Å²) in [6.45, 7) is 4.61. The average Bonchev–Trinajstić information content (AvgIpc) is 2.79. The van der Waals surface area contributed by atoms with Gasteiger partial charge in [-0.2, -0.15) is 0 Å². The SMILES string of the molecule is CCCn1c(SC(c2ccc(Cl)cc2)C(C)N)n[nH]c1=O. The lowest BCUT2D eigenvalue weighted by Crippen LogP contribution is -2.23.